The molecule has 0 radical (unpaired) electrons. The topological polar surface area (TPSA) is 58.2 Å². The Kier molecular flexibility index (Phi) is 4.77. The molecule has 0 aliphatic carbocycles. The van der Waals surface area contributed by atoms with E-state index in [4.69, 9.17) is 0 Å². The van der Waals surface area contributed by atoms with Crippen molar-refractivity contribution >= 4 is 15.5 Å². The first-order chi connectivity index (χ1) is 9.82. The van der Waals surface area contributed by atoms with E-state index >= 15 is 0 Å². The van der Waals surface area contributed by atoms with Crippen LogP contribution < -0.4 is 10.6 Å². The Morgan fingerprint density at radius 3 is 2.57 bits per heavy atom. The van der Waals surface area contributed by atoms with E-state index in [0.717, 1.165) is 38.4 Å². The van der Waals surface area contributed by atoms with E-state index in [1.54, 1.807) is 0 Å². The molecule has 1 atom stereocenters. The number of nitrogens with one attached hydrogen (secondary N) is 2. The van der Waals surface area contributed by atoms with Gasteiger partial charge in [-0.05, 0) is 44.5 Å². The zero-order valence-corrected chi connectivity index (χ0v) is 12.1. The molecule has 2 rings (SSSR count). The van der Waals surface area contributed by atoms with Gasteiger partial charge < -0.3 is 10.6 Å². The summed E-state index contributed by atoms with van der Waals surface area (Å²) in [6.07, 6.45) is 2.42. The summed E-state index contributed by atoms with van der Waals surface area (Å²) in [5.74, 6) is 0. The van der Waals surface area contributed by atoms with Crippen LogP contribution in [0.5, 0.6) is 0 Å². The second kappa shape index (κ2) is 6.23. The smallest absolute Gasteiger partial charge is 0.381 e. The highest BCUT2D eigenvalue weighted by molar-refractivity contribution is 7.92. The van der Waals surface area contributed by atoms with Crippen molar-refractivity contribution in [2.75, 3.05) is 18.4 Å². The number of alkyl halides is 3. The van der Waals surface area contributed by atoms with Gasteiger partial charge in [0.05, 0.1) is 10.6 Å². The van der Waals surface area contributed by atoms with Gasteiger partial charge in [-0.25, -0.2) is 8.42 Å². The zero-order chi connectivity index (χ0) is 15.5. The standard InChI is InChI=1S/C13H17F3N2O2S/c14-13(15,16)21(19,20)12-6-2-1-5-11(12)18-10-4-3-8-17-9-7-10/h1-2,5-6,10,17-18H,3-4,7-9H2. The van der Waals surface area contributed by atoms with Crippen molar-refractivity contribution in [3.05, 3.63) is 24.3 Å². The van der Waals surface area contributed by atoms with Crippen molar-refractivity contribution < 1.29 is 21.6 Å². The Bertz CT molecular complexity index is 579. The van der Waals surface area contributed by atoms with E-state index in [1.807, 2.05) is 0 Å². The summed E-state index contributed by atoms with van der Waals surface area (Å²) in [5.41, 5.74) is -5.28. The molecular weight excluding hydrogens is 305 g/mol. The van der Waals surface area contributed by atoms with E-state index in [1.165, 1.54) is 18.2 Å². The fourth-order valence-electron chi connectivity index (χ4n) is 2.33. The van der Waals surface area contributed by atoms with Crippen molar-refractivity contribution in [2.45, 2.75) is 35.7 Å². The number of hydrogen-bond acceptors (Lipinski definition) is 4. The molecule has 1 aliphatic rings. The summed E-state index contributed by atoms with van der Waals surface area (Å²) in [5, 5.41) is 6.14. The summed E-state index contributed by atoms with van der Waals surface area (Å²) in [4.78, 5) is -0.713. The third-order valence-electron chi connectivity index (χ3n) is 3.42. The highest BCUT2D eigenvalue weighted by Gasteiger charge is 2.48. The molecule has 21 heavy (non-hydrogen) atoms. The van der Waals surface area contributed by atoms with E-state index in [-0.39, 0.29) is 11.7 Å². The molecule has 1 heterocycles. The molecule has 1 aromatic rings. The number of para-hydroxylation sites is 1. The molecule has 4 nitrogen and oxygen atoms in total. The third-order valence-corrected chi connectivity index (χ3v) is 4.96. The highest BCUT2D eigenvalue weighted by atomic mass is 32.2. The number of hydrogen-bond donors (Lipinski definition) is 2. The van der Waals surface area contributed by atoms with Gasteiger partial charge >= 0.3 is 5.51 Å². The fourth-order valence-corrected chi connectivity index (χ4v) is 3.25. The molecule has 1 unspecified atom stereocenters. The first kappa shape index (κ1) is 16.1. The van der Waals surface area contributed by atoms with Gasteiger partial charge in [0.15, 0.2) is 0 Å². The van der Waals surface area contributed by atoms with Crippen LogP contribution in [-0.4, -0.2) is 33.1 Å². The van der Waals surface area contributed by atoms with Crippen molar-refractivity contribution in [2.24, 2.45) is 0 Å². The van der Waals surface area contributed by atoms with Crippen LogP contribution in [0.1, 0.15) is 19.3 Å². The molecule has 1 fully saturated rings. The van der Waals surface area contributed by atoms with Gasteiger partial charge in [0, 0.05) is 6.04 Å². The average Bonchev–Trinajstić information content (AvgIpc) is 2.66. The summed E-state index contributed by atoms with van der Waals surface area (Å²) >= 11 is 0. The Morgan fingerprint density at radius 2 is 1.86 bits per heavy atom. The van der Waals surface area contributed by atoms with Gasteiger partial charge in [0.2, 0.25) is 0 Å². The van der Waals surface area contributed by atoms with Crippen LogP contribution in [0.4, 0.5) is 18.9 Å². The number of rotatable bonds is 3. The van der Waals surface area contributed by atoms with Crippen LogP contribution in [0.15, 0.2) is 29.2 Å². The van der Waals surface area contributed by atoms with Crippen LogP contribution in [0.25, 0.3) is 0 Å². The monoisotopic (exact) mass is 322 g/mol. The van der Waals surface area contributed by atoms with Gasteiger partial charge in [-0.15, -0.1) is 0 Å². The molecule has 8 heteroatoms. The summed E-state index contributed by atoms with van der Waals surface area (Å²) < 4.78 is 61.4. The Morgan fingerprint density at radius 1 is 1.14 bits per heavy atom. The Labute approximate surface area is 121 Å². The summed E-state index contributed by atoms with van der Waals surface area (Å²) in [7, 11) is -5.35. The number of halogens is 3. The molecule has 0 saturated carbocycles. The lowest BCUT2D eigenvalue weighted by Gasteiger charge is -2.20. The van der Waals surface area contributed by atoms with E-state index in [9.17, 15) is 21.6 Å². The largest absolute Gasteiger partial charge is 0.501 e. The van der Waals surface area contributed by atoms with Gasteiger partial charge in [-0.3, -0.25) is 0 Å². The predicted octanol–water partition coefficient (Wildman–Crippen LogP) is 2.53. The molecule has 2 N–H and O–H groups in total. The van der Waals surface area contributed by atoms with Gasteiger partial charge in [-0.2, -0.15) is 13.2 Å². The molecule has 0 spiro atoms. The molecule has 1 saturated heterocycles. The fraction of sp³-hybridized carbons (Fsp3) is 0.538. The minimum absolute atomic E-state index is 0.0155. The van der Waals surface area contributed by atoms with Gasteiger partial charge in [-0.1, -0.05) is 12.1 Å². The van der Waals surface area contributed by atoms with Crippen LogP contribution >= 0.6 is 0 Å². The maximum absolute atomic E-state index is 12.7. The quantitative estimate of drug-likeness (QED) is 0.898. The first-order valence-corrected chi connectivity index (χ1v) is 8.18. The van der Waals surface area contributed by atoms with Gasteiger partial charge in [0.25, 0.3) is 9.84 Å². The zero-order valence-electron chi connectivity index (χ0n) is 11.3. The normalized spacial score (nSPS) is 20.8. The average molecular weight is 322 g/mol. The van der Waals surface area contributed by atoms with E-state index in [2.05, 4.69) is 10.6 Å². The van der Waals surface area contributed by atoms with E-state index < -0.39 is 20.2 Å². The van der Waals surface area contributed by atoms with Crippen molar-refractivity contribution in [1.29, 1.82) is 0 Å². The second-order valence-corrected chi connectivity index (χ2v) is 6.88. The maximum atomic E-state index is 12.7. The number of benzene rings is 1. The minimum Gasteiger partial charge on any atom is -0.381 e. The van der Waals surface area contributed by atoms with Crippen molar-refractivity contribution in [3.63, 3.8) is 0 Å². The lowest BCUT2D eigenvalue weighted by Crippen LogP contribution is -2.26. The number of sulfone groups is 1. The Hall–Kier alpha value is -1.28. The molecule has 1 aliphatic heterocycles. The first-order valence-electron chi connectivity index (χ1n) is 6.70. The van der Waals surface area contributed by atoms with Crippen molar-refractivity contribution in [3.8, 4) is 0 Å². The lowest BCUT2D eigenvalue weighted by atomic mass is 10.1. The molecule has 1 aromatic carbocycles. The highest BCUT2D eigenvalue weighted by Crippen LogP contribution is 2.34. The third kappa shape index (κ3) is 3.68. The molecule has 0 aromatic heterocycles. The maximum Gasteiger partial charge on any atom is 0.501 e. The summed E-state index contributed by atoms with van der Waals surface area (Å²) in [6, 6.07) is 5.13. The minimum atomic E-state index is -5.35. The van der Waals surface area contributed by atoms with Crippen molar-refractivity contribution in [1.82, 2.24) is 5.32 Å². The summed E-state index contributed by atoms with van der Waals surface area (Å²) in [6.45, 7) is 1.62. The second-order valence-electron chi connectivity index (χ2n) is 4.97. The van der Waals surface area contributed by atoms with Crippen LogP contribution in [0, 0.1) is 0 Å². The van der Waals surface area contributed by atoms with Crippen LogP contribution in [0.2, 0.25) is 0 Å². The van der Waals surface area contributed by atoms with Crippen LogP contribution in [-0.2, 0) is 9.84 Å². The van der Waals surface area contributed by atoms with E-state index in [0.29, 0.717) is 0 Å². The number of anilines is 1. The SMILES string of the molecule is O=S(=O)(c1ccccc1NC1CCCNCC1)C(F)(F)F. The Balaban J connectivity index is 2.29. The lowest BCUT2D eigenvalue weighted by molar-refractivity contribution is -0.0435. The van der Waals surface area contributed by atoms with Crippen LogP contribution in [0.3, 0.4) is 0 Å². The molecular formula is C13H17F3N2O2S. The van der Waals surface area contributed by atoms with Gasteiger partial charge in [0.1, 0.15) is 0 Å². The predicted molar refractivity (Wildman–Crippen MR) is 73.8 cm³/mol. The molecule has 0 amide bonds. The molecule has 118 valence electrons. The molecule has 0 bridgehead atoms.